The Kier molecular flexibility index (Phi) is 7.15. The van der Waals surface area contributed by atoms with Crippen LogP contribution in [0, 0.1) is 5.41 Å². The van der Waals surface area contributed by atoms with Crippen LogP contribution in [0.4, 0.5) is 0 Å². The molecule has 17 heavy (non-hydrogen) atoms. The molecule has 0 aliphatic heterocycles. The number of nitrogens with one attached hydrogen (secondary N) is 1. The number of rotatable bonds is 5. The summed E-state index contributed by atoms with van der Waals surface area (Å²) in [6, 6.07) is 0. The fourth-order valence-corrected chi connectivity index (χ4v) is 2.14. The smallest absolute Gasteiger partial charge is 0.307 e. The summed E-state index contributed by atoms with van der Waals surface area (Å²) in [7, 11) is 1.34. The molecule has 1 fully saturated rings. The van der Waals surface area contributed by atoms with Crippen LogP contribution in [0.3, 0.4) is 0 Å². The first kappa shape index (κ1) is 16.2. The van der Waals surface area contributed by atoms with Gasteiger partial charge in [0, 0.05) is 13.1 Å². The summed E-state index contributed by atoms with van der Waals surface area (Å²) in [6.07, 6.45) is 4.03. The average molecular weight is 265 g/mol. The Morgan fingerprint density at radius 1 is 1.35 bits per heavy atom. The third kappa shape index (κ3) is 4.16. The molecule has 1 aliphatic rings. The molecule has 0 bridgehead atoms. The van der Waals surface area contributed by atoms with Crippen LogP contribution in [-0.4, -0.2) is 32.1 Å². The summed E-state index contributed by atoms with van der Waals surface area (Å²) < 4.78 is 4.49. The summed E-state index contributed by atoms with van der Waals surface area (Å²) in [6.45, 7) is 0.713. The molecule has 0 aromatic carbocycles. The number of carbonyl (C=O) groups excluding carboxylic acids is 2. The van der Waals surface area contributed by atoms with Crippen molar-refractivity contribution >= 4 is 24.3 Å². The first-order chi connectivity index (χ1) is 7.64. The lowest BCUT2D eigenvalue weighted by molar-refractivity contribution is -0.140. The van der Waals surface area contributed by atoms with E-state index in [1.165, 1.54) is 7.11 Å². The molecule has 1 saturated carbocycles. The molecule has 0 spiro atoms. The molecule has 1 amide bonds. The second kappa shape index (κ2) is 7.50. The highest BCUT2D eigenvalue weighted by atomic mass is 35.5. The first-order valence-corrected chi connectivity index (χ1v) is 5.70. The molecule has 0 aromatic rings. The molecule has 0 atom stereocenters. The van der Waals surface area contributed by atoms with Crippen molar-refractivity contribution in [2.24, 2.45) is 11.1 Å². The van der Waals surface area contributed by atoms with Gasteiger partial charge < -0.3 is 15.8 Å². The number of esters is 1. The van der Waals surface area contributed by atoms with E-state index in [1.54, 1.807) is 0 Å². The van der Waals surface area contributed by atoms with E-state index >= 15 is 0 Å². The predicted molar refractivity (Wildman–Crippen MR) is 66.8 cm³/mol. The van der Waals surface area contributed by atoms with Crippen LogP contribution in [0.5, 0.6) is 0 Å². The standard InChI is InChI=1S/C11H20N2O3.ClH/c1-16-9(14)4-7-13-10(15)11(8-12)5-2-3-6-11;/h2-8,12H2,1H3,(H,13,15);1H. The molecular weight excluding hydrogens is 244 g/mol. The molecule has 0 heterocycles. The normalized spacial score (nSPS) is 17.1. The van der Waals surface area contributed by atoms with Gasteiger partial charge in [-0.3, -0.25) is 9.59 Å². The third-order valence-electron chi connectivity index (χ3n) is 3.28. The Balaban J connectivity index is 0.00000256. The van der Waals surface area contributed by atoms with Crippen LogP contribution in [0.1, 0.15) is 32.1 Å². The van der Waals surface area contributed by atoms with Gasteiger partial charge >= 0.3 is 5.97 Å². The minimum Gasteiger partial charge on any atom is -0.469 e. The van der Waals surface area contributed by atoms with Crippen LogP contribution in [-0.2, 0) is 14.3 Å². The topological polar surface area (TPSA) is 81.4 Å². The van der Waals surface area contributed by atoms with Gasteiger partial charge in [0.15, 0.2) is 0 Å². The zero-order chi connectivity index (χ0) is 12.0. The van der Waals surface area contributed by atoms with E-state index in [9.17, 15) is 9.59 Å². The maximum Gasteiger partial charge on any atom is 0.307 e. The van der Waals surface area contributed by atoms with Crippen molar-refractivity contribution in [2.75, 3.05) is 20.2 Å². The minimum atomic E-state index is -0.393. The number of amides is 1. The van der Waals surface area contributed by atoms with Crippen molar-refractivity contribution in [1.82, 2.24) is 5.32 Å². The van der Waals surface area contributed by atoms with Gasteiger partial charge in [-0.15, -0.1) is 12.4 Å². The Morgan fingerprint density at radius 3 is 2.41 bits per heavy atom. The lowest BCUT2D eigenvalue weighted by Gasteiger charge is -2.25. The van der Waals surface area contributed by atoms with E-state index in [1.807, 2.05) is 0 Å². The summed E-state index contributed by atoms with van der Waals surface area (Å²) in [5.74, 6) is -0.329. The maximum atomic E-state index is 11.9. The van der Waals surface area contributed by atoms with Gasteiger partial charge in [-0.2, -0.15) is 0 Å². The SMILES string of the molecule is COC(=O)CCNC(=O)C1(CN)CCCC1.Cl. The van der Waals surface area contributed by atoms with Gasteiger partial charge in [-0.05, 0) is 12.8 Å². The number of hydrogen-bond acceptors (Lipinski definition) is 4. The zero-order valence-electron chi connectivity index (χ0n) is 10.2. The molecule has 5 nitrogen and oxygen atoms in total. The quantitative estimate of drug-likeness (QED) is 0.713. The van der Waals surface area contributed by atoms with Crippen LogP contribution in [0.2, 0.25) is 0 Å². The minimum absolute atomic E-state index is 0. The van der Waals surface area contributed by atoms with E-state index in [4.69, 9.17) is 5.73 Å². The van der Waals surface area contributed by atoms with Crippen molar-refractivity contribution in [3.63, 3.8) is 0 Å². The Morgan fingerprint density at radius 2 is 1.94 bits per heavy atom. The number of methoxy groups -OCH3 is 1. The van der Waals surface area contributed by atoms with Gasteiger partial charge in [0.2, 0.25) is 5.91 Å². The fraction of sp³-hybridized carbons (Fsp3) is 0.818. The molecule has 1 rings (SSSR count). The van der Waals surface area contributed by atoms with Gasteiger partial charge in [-0.1, -0.05) is 12.8 Å². The van der Waals surface area contributed by atoms with E-state index < -0.39 is 5.41 Å². The lowest BCUT2D eigenvalue weighted by atomic mass is 9.85. The second-order valence-corrected chi connectivity index (χ2v) is 4.27. The van der Waals surface area contributed by atoms with Crippen LogP contribution in [0.15, 0.2) is 0 Å². The molecule has 0 aromatic heterocycles. The van der Waals surface area contributed by atoms with Crippen LogP contribution in [0.25, 0.3) is 0 Å². The Hall–Kier alpha value is -0.810. The summed E-state index contributed by atoms with van der Waals surface area (Å²) >= 11 is 0. The molecular formula is C11H21ClN2O3. The van der Waals surface area contributed by atoms with E-state index in [0.29, 0.717) is 13.1 Å². The van der Waals surface area contributed by atoms with E-state index in [-0.39, 0.29) is 30.7 Å². The first-order valence-electron chi connectivity index (χ1n) is 5.70. The molecule has 3 N–H and O–H groups in total. The summed E-state index contributed by atoms with van der Waals surface area (Å²) in [5, 5.41) is 2.76. The highest BCUT2D eigenvalue weighted by Crippen LogP contribution is 2.37. The molecule has 1 aliphatic carbocycles. The number of carbonyl (C=O) groups is 2. The lowest BCUT2D eigenvalue weighted by Crippen LogP contribution is -2.44. The second-order valence-electron chi connectivity index (χ2n) is 4.27. The summed E-state index contributed by atoms with van der Waals surface area (Å²) in [5.41, 5.74) is 5.28. The maximum absolute atomic E-state index is 11.9. The van der Waals surface area contributed by atoms with E-state index in [2.05, 4.69) is 10.1 Å². The van der Waals surface area contributed by atoms with Gasteiger partial charge in [0.1, 0.15) is 0 Å². The largest absolute Gasteiger partial charge is 0.469 e. The van der Waals surface area contributed by atoms with Gasteiger partial charge in [0.25, 0.3) is 0 Å². The fourth-order valence-electron chi connectivity index (χ4n) is 2.14. The number of nitrogens with two attached hydrogens (primary N) is 1. The molecule has 0 saturated heterocycles. The van der Waals surface area contributed by atoms with Crippen molar-refractivity contribution in [2.45, 2.75) is 32.1 Å². The van der Waals surface area contributed by atoms with Crippen molar-refractivity contribution < 1.29 is 14.3 Å². The van der Waals surface area contributed by atoms with Crippen LogP contribution >= 0.6 is 12.4 Å². The Bertz CT molecular complexity index is 265. The van der Waals surface area contributed by atoms with Crippen molar-refractivity contribution in [3.8, 4) is 0 Å². The van der Waals surface area contributed by atoms with Crippen molar-refractivity contribution in [1.29, 1.82) is 0 Å². The third-order valence-corrected chi connectivity index (χ3v) is 3.28. The number of halogens is 1. The van der Waals surface area contributed by atoms with Crippen molar-refractivity contribution in [3.05, 3.63) is 0 Å². The van der Waals surface area contributed by atoms with Gasteiger partial charge in [0.05, 0.1) is 18.9 Å². The van der Waals surface area contributed by atoms with Gasteiger partial charge in [-0.25, -0.2) is 0 Å². The molecule has 0 radical (unpaired) electrons. The molecule has 0 unspecified atom stereocenters. The molecule has 100 valence electrons. The highest BCUT2D eigenvalue weighted by molar-refractivity contribution is 5.85. The zero-order valence-corrected chi connectivity index (χ0v) is 11.0. The molecule has 6 heteroatoms. The monoisotopic (exact) mass is 264 g/mol. The highest BCUT2D eigenvalue weighted by Gasteiger charge is 2.39. The predicted octanol–water partition coefficient (Wildman–Crippen LogP) is 0.607. The van der Waals surface area contributed by atoms with Crippen LogP contribution < -0.4 is 11.1 Å². The number of ether oxygens (including phenoxy) is 1. The summed E-state index contributed by atoms with van der Waals surface area (Å²) in [4.78, 5) is 22.8. The van der Waals surface area contributed by atoms with E-state index in [0.717, 1.165) is 25.7 Å². The average Bonchev–Trinajstić information content (AvgIpc) is 2.78. The number of hydrogen-bond donors (Lipinski definition) is 2. The Labute approximate surface area is 108 Å².